The summed E-state index contributed by atoms with van der Waals surface area (Å²) in [5.41, 5.74) is 1.33. The number of carbonyl (C=O) groups excluding carboxylic acids is 2. The third kappa shape index (κ3) is 2.60. The van der Waals surface area contributed by atoms with Crippen LogP contribution in [-0.2, 0) is 10.2 Å². The van der Waals surface area contributed by atoms with Crippen molar-refractivity contribution in [2.24, 2.45) is 0 Å². The minimum absolute atomic E-state index is 0.226. The van der Waals surface area contributed by atoms with Crippen LogP contribution >= 0.6 is 0 Å². The molecular formula is C16H18N4O4. The SMILES string of the molecule is CC(C)(C)c1nn(C(=O)O)c2ccc(N3CCC(=O)NC3=O)cc12. The first kappa shape index (κ1) is 16.0. The number of rotatable bonds is 1. The Hall–Kier alpha value is -2.90. The highest BCUT2D eigenvalue weighted by Gasteiger charge is 2.28. The van der Waals surface area contributed by atoms with Gasteiger partial charge in [0.25, 0.3) is 0 Å². The van der Waals surface area contributed by atoms with Crippen molar-refractivity contribution in [2.75, 3.05) is 11.4 Å². The van der Waals surface area contributed by atoms with E-state index in [1.807, 2.05) is 20.8 Å². The molecule has 0 spiro atoms. The molecule has 2 heterocycles. The van der Waals surface area contributed by atoms with E-state index >= 15 is 0 Å². The van der Waals surface area contributed by atoms with Crippen molar-refractivity contribution in [2.45, 2.75) is 32.6 Å². The Morgan fingerprint density at radius 3 is 2.58 bits per heavy atom. The highest BCUT2D eigenvalue weighted by atomic mass is 16.4. The molecule has 8 nitrogen and oxygen atoms in total. The van der Waals surface area contributed by atoms with Crippen LogP contribution in [0.1, 0.15) is 32.9 Å². The van der Waals surface area contributed by atoms with Crippen molar-refractivity contribution in [3.05, 3.63) is 23.9 Å². The molecule has 8 heteroatoms. The zero-order valence-electron chi connectivity index (χ0n) is 13.7. The van der Waals surface area contributed by atoms with E-state index in [2.05, 4.69) is 10.4 Å². The predicted octanol–water partition coefficient (Wildman–Crippen LogP) is 2.31. The van der Waals surface area contributed by atoms with Crippen LogP contribution in [-0.4, -0.2) is 39.5 Å². The predicted molar refractivity (Wildman–Crippen MR) is 87.4 cm³/mol. The summed E-state index contributed by atoms with van der Waals surface area (Å²) in [5, 5.41) is 16.5. The third-order valence-corrected chi connectivity index (χ3v) is 3.92. The molecule has 24 heavy (non-hydrogen) atoms. The number of hydrogen-bond acceptors (Lipinski definition) is 4. The second-order valence-electron chi connectivity index (χ2n) is 6.75. The molecule has 0 bridgehead atoms. The average molecular weight is 330 g/mol. The average Bonchev–Trinajstić information content (AvgIpc) is 2.86. The van der Waals surface area contributed by atoms with Gasteiger partial charge in [0.05, 0.1) is 11.2 Å². The van der Waals surface area contributed by atoms with Crippen LogP contribution < -0.4 is 10.2 Å². The maximum Gasteiger partial charge on any atom is 0.432 e. The fourth-order valence-electron chi connectivity index (χ4n) is 2.78. The highest BCUT2D eigenvalue weighted by Crippen LogP contribution is 2.32. The fraction of sp³-hybridized carbons (Fsp3) is 0.375. The van der Waals surface area contributed by atoms with Crippen LogP contribution in [0, 0.1) is 0 Å². The van der Waals surface area contributed by atoms with Crippen molar-refractivity contribution >= 4 is 34.6 Å². The second-order valence-corrected chi connectivity index (χ2v) is 6.75. The molecule has 2 N–H and O–H groups in total. The zero-order valence-corrected chi connectivity index (χ0v) is 13.7. The van der Waals surface area contributed by atoms with E-state index in [1.165, 1.54) is 4.90 Å². The molecule has 3 amide bonds. The lowest BCUT2D eigenvalue weighted by Gasteiger charge is -2.26. The summed E-state index contributed by atoms with van der Waals surface area (Å²) >= 11 is 0. The number of fused-ring (bicyclic) bond motifs is 1. The van der Waals surface area contributed by atoms with Crippen LogP contribution in [0.5, 0.6) is 0 Å². The lowest BCUT2D eigenvalue weighted by atomic mass is 9.90. The normalized spacial score (nSPS) is 15.7. The number of carboxylic acid groups (broad SMARTS) is 1. The molecular weight excluding hydrogens is 312 g/mol. The van der Waals surface area contributed by atoms with E-state index in [9.17, 15) is 19.5 Å². The summed E-state index contributed by atoms with van der Waals surface area (Å²) in [6, 6.07) is 4.56. The molecule has 1 fully saturated rings. The Morgan fingerprint density at radius 1 is 1.29 bits per heavy atom. The molecule has 126 valence electrons. The largest absolute Gasteiger partial charge is 0.463 e. The molecule has 0 saturated carbocycles. The van der Waals surface area contributed by atoms with E-state index < -0.39 is 12.1 Å². The lowest BCUT2D eigenvalue weighted by Crippen LogP contribution is -2.49. The van der Waals surface area contributed by atoms with Crippen molar-refractivity contribution < 1.29 is 19.5 Å². The van der Waals surface area contributed by atoms with Crippen molar-refractivity contribution in [3.8, 4) is 0 Å². The van der Waals surface area contributed by atoms with Crippen LogP contribution in [0.2, 0.25) is 0 Å². The summed E-state index contributed by atoms with van der Waals surface area (Å²) in [6.45, 7) is 6.12. The molecule has 3 rings (SSSR count). The van der Waals surface area contributed by atoms with Gasteiger partial charge in [-0.15, -0.1) is 0 Å². The molecule has 1 aliphatic heterocycles. The van der Waals surface area contributed by atoms with E-state index in [-0.39, 0.29) is 24.3 Å². The molecule has 1 aliphatic rings. The van der Waals surface area contributed by atoms with Gasteiger partial charge in [-0.1, -0.05) is 20.8 Å². The van der Waals surface area contributed by atoms with E-state index in [4.69, 9.17) is 0 Å². The monoisotopic (exact) mass is 330 g/mol. The van der Waals surface area contributed by atoms with Gasteiger partial charge in [0.15, 0.2) is 0 Å². The summed E-state index contributed by atoms with van der Waals surface area (Å²) in [5.74, 6) is -0.300. The van der Waals surface area contributed by atoms with Gasteiger partial charge in [0.1, 0.15) is 0 Å². The smallest absolute Gasteiger partial charge is 0.432 e. The quantitative estimate of drug-likeness (QED) is 0.835. The Morgan fingerprint density at radius 2 is 2.00 bits per heavy atom. The molecule has 0 radical (unpaired) electrons. The van der Waals surface area contributed by atoms with Crippen molar-refractivity contribution in [1.82, 2.24) is 15.1 Å². The number of amides is 3. The van der Waals surface area contributed by atoms with Crippen LogP contribution in [0.25, 0.3) is 10.9 Å². The minimum atomic E-state index is -1.16. The third-order valence-electron chi connectivity index (χ3n) is 3.92. The number of hydrogen-bond donors (Lipinski definition) is 2. The second kappa shape index (κ2) is 5.33. The standard InChI is InChI=1S/C16H18N4O4/c1-16(2,3)13-10-8-9(19-7-6-12(21)17-14(19)22)4-5-11(10)20(18-13)15(23)24/h4-5,8H,6-7H2,1-3H3,(H,23,24)(H,17,21,22). The lowest BCUT2D eigenvalue weighted by molar-refractivity contribution is -0.120. The Kier molecular flexibility index (Phi) is 3.55. The van der Waals surface area contributed by atoms with Gasteiger partial charge in [0.2, 0.25) is 5.91 Å². The Labute approximate surface area is 138 Å². The number of nitrogens with zero attached hydrogens (tertiary/aromatic N) is 3. The number of anilines is 1. The Balaban J connectivity index is 2.15. The van der Waals surface area contributed by atoms with Crippen molar-refractivity contribution in [1.29, 1.82) is 0 Å². The van der Waals surface area contributed by atoms with Crippen LogP contribution in [0.15, 0.2) is 18.2 Å². The number of nitrogens with one attached hydrogen (secondary N) is 1. The van der Waals surface area contributed by atoms with E-state index in [1.54, 1.807) is 18.2 Å². The molecule has 0 aliphatic carbocycles. The highest BCUT2D eigenvalue weighted by molar-refractivity contribution is 6.06. The topological polar surface area (TPSA) is 105 Å². The summed E-state index contributed by atoms with van der Waals surface area (Å²) < 4.78 is 0.944. The van der Waals surface area contributed by atoms with Gasteiger partial charge in [-0.05, 0) is 18.2 Å². The number of imide groups is 1. The van der Waals surface area contributed by atoms with Gasteiger partial charge in [0, 0.05) is 29.5 Å². The maximum absolute atomic E-state index is 12.0. The molecule has 0 atom stereocenters. The minimum Gasteiger partial charge on any atom is -0.463 e. The van der Waals surface area contributed by atoms with E-state index in [0.717, 1.165) is 4.68 Å². The first-order valence-corrected chi connectivity index (χ1v) is 7.56. The van der Waals surface area contributed by atoms with Crippen LogP contribution in [0.4, 0.5) is 15.3 Å². The van der Waals surface area contributed by atoms with Gasteiger partial charge in [-0.2, -0.15) is 9.78 Å². The molecule has 1 aromatic heterocycles. The molecule has 0 unspecified atom stereocenters. The number of carbonyl (C=O) groups is 3. The number of urea groups is 1. The molecule has 1 saturated heterocycles. The molecule has 1 aromatic carbocycles. The van der Waals surface area contributed by atoms with Crippen LogP contribution in [0.3, 0.4) is 0 Å². The summed E-state index contributed by atoms with van der Waals surface area (Å²) in [6.07, 6.45) is -0.936. The molecule has 2 aromatic rings. The zero-order chi connectivity index (χ0) is 17.6. The Bertz CT molecular complexity index is 863. The van der Waals surface area contributed by atoms with Gasteiger partial charge >= 0.3 is 12.1 Å². The van der Waals surface area contributed by atoms with Gasteiger partial charge in [-0.25, -0.2) is 9.59 Å². The maximum atomic E-state index is 12.0. The number of aromatic nitrogens is 2. The van der Waals surface area contributed by atoms with E-state index in [0.29, 0.717) is 22.3 Å². The van der Waals surface area contributed by atoms with Gasteiger partial charge < -0.3 is 5.11 Å². The first-order valence-electron chi connectivity index (χ1n) is 7.56. The van der Waals surface area contributed by atoms with Gasteiger partial charge in [-0.3, -0.25) is 15.0 Å². The summed E-state index contributed by atoms with van der Waals surface area (Å²) in [7, 11) is 0. The van der Waals surface area contributed by atoms with Crippen molar-refractivity contribution in [3.63, 3.8) is 0 Å². The summed E-state index contributed by atoms with van der Waals surface area (Å²) in [4.78, 5) is 36.2. The first-order chi connectivity index (χ1) is 11.2. The fourth-order valence-corrected chi connectivity index (χ4v) is 2.78. The number of benzene rings is 1.